The molecule has 1 fully saturated rings. The van der Waals surface area contributed by atoms with Gasteiger partial charge in [0, 0.05) is 6.42 Å². The van der Waals surface area contributed by atoms with Crippen molar-refractivity contribution in [2.45, 2.75) is 391 Å². The number of nitrogens with one attached hydrogen (secondary N) is 1. The van der Waals surface area contributed by atoms with Crippen molar-refractivity contribution in [1.82, 2.24) is 5.32 Å². The van der Waals surface area contributed by atoms with Crippen LogP contribution in [0, 0.1) is 0 Å². The molecule has 8 unspecified atom stereocenters. The number of carbonyl (C=O) groups excluding carboxylic acids is 2. The maximum Gasteiger partial charge on any atom is 0.306 e. The van der Waals surface area contributed by atoms with Gasteiger partial charge in [-0.25, -0.2) is 0 Å². The lowest BCUT2D eigenvalue weighted by atomic mass is 9.99. The maximum atomic E-state index is 13.5. The van der Waals surface area contributed by atoms with Gasteiger partial charge in [-0.05, 0) is 109 Å². The standard InChI is InChI=1S/C83H145NO10/c1-4-7-10-13-16-19-22-25-27-29-31-33-35-37-39-41-43-45-47-49-51-53-56-59-62-65-68-71-78(88)94-81-80(90)79(89)77(72-85)93-83(81)92-73-74(75(86)69-66-63-60-57-54-24-21-18-15-12-9-6-3)84-82(91)76(87)70-67-64-61-58-55-52-50-48-46-44-42-40-38-36-34-32-30-28-26-23-20-17-14-11-8-5-2/h8,11,16-17,19-20,25-28,32,34,38,40,44,46,66,69,74-77,79-81,83,85-87,89-90H,4-7,9-10,12-15,18,21-24,29-31,33,35-37,39,41-43,45,47-65,67-68,70-73H2,1-3H3,(H,84,91)/b11-8-,19-16-,20-17-,27-25-,28-26-,34-32-,40-38-,46-44-,69-66+. The highest BCUT2D eigenvalue weighted by Gasteiger charge is 2.47. The molecule has 1 aliphatic heterocycles. The SMILES string of the molecule is CC/C=C\C/C=C\C/C=C\C/C=C\C/C=C\C/C=C\CCCCCCCCCC(O)C(=O)NC(COC1OC(CO)C(O)C(O)C1OC(=O)CCCCCCCCCCCCCCCCCCC/C=C\C/C=C\CCCCC)C(O)/C=C/CCCCCCCCCCCC. The van der Waals surface area contributed by atoms with Crippen molar-refractivity contribution < 1.29 is 49.3 Å². The second kappa shape index (κ2) is 69.2. The fourth-order valence-corrected chi connectivity index (χ4v) is 11.8. The number of carbonyl (C=O) groups is 2. The summed E-state index contributed by atoms with van der Waals surface area (Å²) >= 11 is 0. The zero-order valence-corrected chi connectivity index (χ0v) is 60.6. The normalized spacial score (nSPS) is 18.4. The molecule has 0 spiro atoms. The molecule has 6 N–H and O–H groups in total. The van der Waals surface area contributed by atoms with Gasteiger partial charge < -0.3 is 45.1 Å². The second-order valence-electron chi connectivity index (χ2n) is 26.7. The summed E-state index contributed by atoms with van der Waals surface area (Å²) in [6, 6.07) is -1.04. The van der Waals surface area contributed by atoms with Crippen LogP contribution in [-0.4, -0.2) is 99.6 Å². The Bertz CT molecular complexity index is 1950. The van der Waals surface area contributed by atoms with Crippen LogP contribution in [0.4, 0.5) is 0 Å². The van der Waals surface area contributed by atoms with Gasteiger partial charge in [0.2, 0.25) is 5.91 Å². The summed E-state index contributed by atoms with van der Waals surface area (Å²) in [4.78, 5) is 26.8. The van der Waals surface area contributed by atoms with E-state index in [1.165, 1.54) is 173 Å². The molecule has 0 aromatic rings. The lowest BCUT2D eigenvalue weighted by molar-refractivity contribution is -0.305. The average molecular weight is 1320 g/mol. The van der Waals surface area contributed by atoms with Crippen LogP contribution in [0.3, 0.4) is 0 Å². The van der Waals surface area contributed by atoms with Gasteiger partial charge in [-0.1, -0.05) is 336 Å². The minimum atomic E-state index is -1.62. The van der Waals surface area contributed by atoms with Gasteiger partial charge in [0.1, 0.15) is 24.4 Å². The molecule has 1 rings (SSSR count). The lowest BCUT2D eigenvalue weighted by Gasteiger charge is -2.41. The minimum Gasteiger partial charge on any atom is -0.454 e. The highest BCUT2D eigenvalue weighted by Crippen LogP contribution is 2.26. The molecule has 0 aromatic carbocycles. The van der Waals surface area contributed by atoms with E-state index in [-0.39, 0.29) is 19.4 Å². The van der Waals surface area contributed by atoms with E-state index in [9.17, 15) is 35.1 Å². The van der Waals surface area contributed by atoms with E-state index in [0.717, 1.165) is 122 Å². The molecular formula is C83H145NO10. The first-order chi connectivity index (χ1) is 46.2. The molecule has 0 radical (unpaired) electrons. The largest absolute Gasteiger partial charge is 0.454 e. The van der Waals surface area contributed by atoms with E-state index < -0.39 is 67.4 Å². The van der Waals surface area contributed by atoms with E-state index in [0.29, 0.717) is 12.8 Å². The van der Waals surface area contributed by atoms with Crippen molar-refractivity contribution in [1.29, 1.82) is 0 Å². The highest BCUT2D eigenvalue weighted by atomic mass is 16.7. The third-order valence-electron chi connectivity index (χ3n) is 17.9. The number of hydrogen-bond acceptors (Lipinski definition) is 10. The molecule has 1 heterocycles. The summed E-state index contributed by atoms with van der Waals surface area (Å²) < 4.78 is 17.7. The third-order valence-corrected chi connectivity index (χ3v) is 17.9. The van der Waals surface area contributed by atoms with Crippen LogP contribution in [0.5, 0.6) is 0 Å². The molecule has 11 nitrogen and oxygen atoms in total. The molecule has 0 aromatic heterocycles. The van der Waals surface area contributed by atoms with Crippen molar-refractivity contribution in [2.24, 2.45) is 0 Å². The Morgan fingerprint density at radius 3 is 1.17 bits per heavy atom. The van der Waals surface area contributed by atoms with Crippen molar-refractivity contribution in [3.63, 3.8) is 0 Å². The topological polar surface area (TPSA) is 175 Å². The van der Waals surface area contributed by atoms with Gasteiger partial charge in [0.05, 0.1) is 25.4 Å². The van der Waals surface area contributed by atoms with Gasteiger partial charge in [0.15, 0.2) is 12.4 Å². The maximum absolute atomic E-state index is 13.5. The van der Waals surface area contributed by atoms with Crippen LogP contribution >= 0.6 is 0 Å². The first-order valence-corrected chi connectivity index (χ1v) is 39.2. The summed E-state index contributed by atoms with van der Waals surface area (Å²) in [6.45, 7) is 5.69. The summed E-state index contributed by atoms with van der Waals surface area (Å²) in [5.41, 5.74) is 0. The van der Waals surface area contributed by atoms with Gasteiger partial charge in [-0.15, -0.1) is 0 Å². The number of unbranched alkanes of at least 4 members (excludes halogenated alkanes) is 37. The molecule has 11 heteroatoms. The monoisotopic (exact) mass is 1320 g/mol. The molecule has 94 heavy (non-hydrogen) atoms. The molecule has 1 aliphatic rings. The Morgan fingerprint density at radius 2 is 0.766 bits per heavy atom. The number of aliphatic hydroxyl groups excluding tert-OH is 5. The highest BCUT2D eigenvalue weighted by molar-refractivity contribution is 5.80. The van der Waals surface area contributed by atoms with Crippen LogP contribution in [0.1, 0.15) is 342 Å². The molecule has 542 valence electrons. The number of allylic oxidation sites excluding steroid dienone is 17. The van der Waals surface area contributed by atoms with Crippen LogP contribution in [0.2, 0.25) is 0 Å². The minimum absolute atomic E-state index is 0.121. The molecule has 0 aliphatic carbocycles. The number of rotatable bonds is 67. The second-order valence-corrected chi connectivity index (χ2v) is 26.7. The summed E-state index contributed by atoms with van der Waals surface area (Å²) in [5.74, 6) is -1.20. The average Bonchev–Trinajstić information content (AvgIpc) is 0.828. The Hall–Kier alpha value is -3.68. The summed E-state index contributed by atoms with van der Waals surface area (Å²) in [6.07, 6.45) is 85.6. The number of aliphatic hydroxyl groups is 5. The quantitative estimate of drug-likeness (QED) is 0.0195. The van der Waals surface area contributed by atoms with E-state index >= 15 is 0 Å². The smallest absolute Gasteiger partial charge is 0.306 e. The number of amides is 1. The predicted octanol–water partition coefficient (Wildman–Crippen LogP) is 21.1. The molecule has 1 amide bonds. The summed E-state index contributed by atoms with van der Waals surface area (Å²) in [7, 11) is 0. The Labute approximate surface area is 577 Å². The van der Waals surface area contributed by atoms with Crippen LogP contribution < -0.4 is 5.32 Å². The fraction of sp³-hybridized carbons (Fsp3) is 0.759. The van der Waals surface area contributed by atoms with Gasteiger partial charge in [-0.3, -0.25) is 9.59 Å². The van der Waals surface area contributed by atoms with Crippen molar-refractivity contribution >= 4 is 11.9 Å². The Balaban J connectivity index is 2.51. The first kappa shape index (κ1) is 88.3. The van der Waals surface area contributed by atoms with Crippen LogP contribution in [-0.2, 0) is 23.8 Å². The molecule has 1 saturated heterocycles. The lowest BCUT2D eigenvalue weighted by Crippen LogP contribution is -2.61. The third kappa shape index (κ3) is 55.3. The van der Waals surface area contributed by atoms with Gasteiger partial charge >= 0.3 is 5.97 Å². The Morgan fingerprint density at radius 1 is 0.426 bits per heavy atom. The predicted molar refractivity (Wildman–Crippen MR) is 398 cm³/mol. The molecule has 8 atom stereocenters. The zero-order valence-electron chi connectivity index (χ0n) is 60.6. The van der Waals surface area contributed by atoms with E-state index in [2.05, 4.69) is 123 Å². The van der Waals surface area contributed by atoms with Crippen LogP contribution in [0.25, 0.3) is 0 Å². The molecular weight excluding hydrogens is 1170 g/mol. The number of ether oxygens (including phenoxy) is 3. The van der Waals surface area contributed by atoms with Crippen molar-refractivity contribution in [2.75, 3.05) is 13.2 Å². The van der Waals surface area contributed by atoms with Crippen LogP contribution in [0.15, 0.2) is 109 Å². The summed E-state index contributed by atoms with van der Waals surface area (Å²) in [5, 5.41) is 57.4. The van der Waals surface area contributed by atoms with Gasteiger partial charge in [-0.2, -0.15) is 0 Å². The number of esters is 1. The molecule has 0 saturated carbocycles. The van der Waals surface area contributed by atoms with E-state index in [4.69, 9.17) is 14.2 Å². The van der Waals surface area contributed by atoms with E-state index in [1.807, 2.05) is 6.08 Å². The Kier molecular flexibility index (Phi) is 65.1. The zero-order chi connectivity index (χ0) is 68.1. The molecule has 0 bridgehead atoms. The number of hydrogen-bond donors (Lipinski definition) is 6. The first-order valence-electron chi connectivity index (χ1n) is 39.2. The van der Waals surface area contributed by atoms with Gasteiger partial charge in [0.25, 0.3) is 0 Å². The van der Waals surface area contributed by atoms with Crippen molar-refractivity contribution in [3.8, 4) is 0 Å². The fourth-order valence-electron chi connectivity index (χ4n) is 11.8. The van der Waals surface area contributed by atoms with E-state index in [1.54, 1.807) is 6.08 Å². The van der Waals surface area contributed by atoms with Crippen molar-refractivity contribution in [3.05, 3.63) is 109 Å².